The van der Waals surface area contributed by atoms with Crippen molar-refractivity contribution < 1.29 is 0 Å². The van der Waals surface area contributed by atoms with E-state index in [4.69, 9.17) is 4.40 Å². The quantitative estimate of drug-likeness (QED) is 0.669. The standard InChI is InChI=1S/C17H22N4S2/c1-10-6-5-9-18-14(10)17-21-23-16(20-13(4)22-17)15-11(2)7-8-12(3)19-15/h5-8,12,16,18-20H,4,9H2,1-3H3. The molecule has 6 heteroatoms. The largest absolute Gasteiger partial charge is 0.380 e. The van der Waals surface area contributed by atoms with Crippen molar-refractivity contribution in [3.05, 3.63) is 58.5 Å². The Kier molecular flexibility index (Phi) is 4.92. The number of dihydropyridines is 2. The number of thioether (sulfide) groups is 1. The third kappa shape index (κ3) is 3.70. The maximum absolute atomic E-state index is 4.78. The van der Waals surface area contributed by atoms with Crippen molar-refractivity contribution >= 4 is 28.8 Å². The molecule has 0 amide bonds. The highest BCUT2D eigenvalue weighted by Gasteiger charge is 2.25. The second kappa shape index (κ2) is 6.93. The third-order valence-electron chi connectivity index (χ3n) is 3.83. The number of nitrogens with one attached hydrogen (secondary N) is 3. The van der Waals surface area contributed by atoms with Crippen molar-refractivity contribution in [3.63, 3.8) is 0 Å². The summed E-state index contributed by atoms with van der Waals surface area (Å²) in [6.45, 7) is 11.4. The minimum absolute atomic E-state index is 0.0555. The highest BCUT2D eigenvalue weighted by molar-refractivity contribution is 8.18. The van der Waals surface area contributed by atoms with E-state index >= 15 is 0 Å². The predicted molar refractivity (Wildman–Crippen MR) is 103 cm³/mol. The predicted octanol–water partition coefficient (Wildman–Crippen LogP) is 3.42. The van der Waals surface area contributed by atoms with Gasteiger partial charge in [0.15, 0.2) is 0 Å². The molecule has 3 rings (SSSR count). The highest BCUT2D eigenvalue weighted by Crippen LogP contribution is 2.33. The van der Waals surface area contributed by atoms with Crippen LogP contribution in [0.1, 0.15) is 20.8 Å². The van der Waals surface area contributed by atoms with Crippen molar-refractivity contribution in [2.45, 2.75) is 32.2 Å². The summed E-state index contributed by atoms with van der Waals surface area (Å²) in [5, 5.41) is 12.4. The van der Waals surface area contributed by atoms with Crippen LogP contribution in [0.15, 0.2) is 62.9 Å². The van der Waals surface area contributed by atoms with Crippen molar-refractivity contribution in [3.8, 4) is 0 Å². The lowest BCUT2D eigenvalue weighted by Crippen LogP contribution is -2.38. The lowest BCUT2D eigenvalue weighted by Gasteiger charge is -2.27. The van der Waals surface area contributed by atoms with Gasteiger partial charge in [0.2, 0.25) is 0 Å². The van der Waals surface area contributed by atoms with Crippen molar-refractivity contribution in [1.29, 1.82) is 0 Å². The topological polar surface area (TPSA) is 48.5 Å². The molecule has 2 unspecified atom stereocenters. The molecule has 0 aromatic carbocycles. The summed E-state index contributed by atoms with van der Waals surface area (Å²) in [5.41, 5.74) is 4.72. The fraction of sp³-hybridized carbons (Fsp3) is 0.353. The molecule has 122 valence electrons. The molecule has 3 heterocycles. The van der Waals surface area contributed by atoms with Gasteiger partial charge in [-0.05, 0) is 31.9 Å². The zero-order valence-electron chi connectivity index (χ0n) is 13.6. The molecule has 0 aliphatic carbocycles. The number of rotatable bonds is 2. The van der Waals surface area contributed by atoms with Crippen LogP contribution in [0, 0.1) is 0 Å². The lowest BCUT2D eigenvalue weighted by atomic mass is 10.1. The van der Waals surface area contributed by atoms with Crippen LogP contribution in [0.5, 0.6) is 0 Å². The minimum atomic E-state index is 0.0555. The molecule has 0 spiro atoms. The molecule has 0 saturated carbocycles. The summed E-state index contributed by atoms with van der Waals surface area (Å²) < 4.78 is 4.78. The summed E-state index contributed by atoms with van der Waals surface area (Å²) in [6, 6.07) is 0.332. The average molecular weight is 347 g/mol. The lowest BCUT2D eigenvalue weighted by molar-refractivity contribution is 0.657. The van der Waals surface area contributed by atoms with Crippen molar-refractivity contribution in [2.75, 3.05) is 6.54 Å². The van der Waals surface area contributed by atoms with Crippen molar-refractivity contribution in [2.24, 2.45) is 4.40 Å². The molecule has 4 nitrogen and oxygen atoms in total. The fourth-order valence-corrected chi connectivity index (χ4v) is 4.54. The zero-order chi connectivity index (χ0) is 16.4. The first-order valence-corrected chi connectivity index (χ1v) is 9.34. The molecule has 0 radical (unpaired) electrons. The molecule has 0 saturated heterocycles. The number of allylic oxidation sites excluding steroid dienone is 4. The molecule has 3 aliphatic rings. The van der Waals surface area contributed by atoms with Crippen LogP contribution in [-0.4, -0.2) is 23.0 Å². The summed E-state index contributed by atoms with van der Waals surface area (Å²) >= 11 is 3.13. The van der Waals surface area contributed by atoms with Crippen LogP contribution in [0.3, 0.4) is 0 Å². The van der Waals surface area contributed by atoms with Crippen LogP contribution in [0.25, 0.3) is 0 Å². The van der Waals surface area contributed by atoms with Gasteiger partial charge >= 0.3 is 0 Å². The summed E-state index contributed by atoms with van der Waals surface area (Å²) in [4.78, 5) is 0. The second-order valence-corrected chi connectivity index (χ2v) is 7.73. The van der Waals surface area contributed by atoms with E-state index in [9.17, 15) is 0 Å². The van der Waals surface area contributed by atoms with Gasteiger partial charge in [-0.15, -0.1) is 0 Å². The van der Waals surface area contributed by atoms with E-state index in [1.54, 1.807) is 23.7 Å². The van der Waals surface area contributed by atoms with Crippen LogP contribution in [0.2, 0.25) is 0 Å². The third-order valence-corrected chi connectivity index (χ3v) is 5.65. The van der Waals surface area contributed by atoms with E-state index in [0.29, 0.717) is 6.04 Å². The summed E-state index contributed by atoms with van der Waals surface area (Å²) in [5.74, 6) is 0. The number of hydrogen-bond acceptors (Lipinski definition) is 6. The van der Waals surface area contributed by atoms with E-state index in [1.165, 1.54) is 16.8 Å². The molecule has 3 N–H and O–H groups in total. The Balaban J connectivity index is 1.86. The zero-order valence-corrected chi connectivity index (χ0v) is 15.3. The summed E-state index contributed by atoms with van der Waals surface area (Å²) in [7, 11) is 0. The first-order valence-electron chi connectivity index (χ1n) is 7.69. The molecule has 2 atom stereocenters. The van der Waals surface area contributed by atoms with Gasteiger partial charge in [0.1, 0.15) is 10.4 Å². The van der Waals surface area contributed by atoms with Crippen molar-refractivity contribution in [1.82, 2.24) is 16.0 Å². The molecule has 0 aromatic heterocycles. The number of nitrogens with zero attached hydrogens (tertiary/aromatic N) is 1. The van der Waals surface area contributed by atoms with Gasteiger partial charge < -0.3 is 16.0 Å². The summed E-state index contributed by atoms with van der Waals surface area (Å²) in [6.07, 6.45) is 8.60. The molecular formula is C17H22N4S2. The molecule has 0 bridgehead atoms. The molecule has 23 heavy (non-hydrogen) atoms. The van der Waals surface area contributed by atoms with Crippen LogP contribution in [0.4, 0.5) is 0 Å². The molecular weight excluding hydrogens is 324 g/mol. The average Bonchev–Trinajstić information content (AvgIpc) is 2.72. The second-order valence-electron chi connectivity index (χ2n) is 5.78. The van der Waals surface area contributed by atoms with Gasteiger partial charge in [-0.25, -0.2) is 4.40 Å². The van der Waals surface area contributed by atoms with Gasteiger partial charge in [-0.2, -0.15) is 0 Å². The van der Waals surface area contributed by atoms with Gasteiger partial charge in [0.05, 0.1) is 10.7 Å². The Labute approximate surface area is 146 Å². The van der Waals surface area contributed by atoms with Gasteiger partial charge in [-0.3, -0.25) is 0 Å². The van der Waals surface area contributed by atoms with Crippen LogP contribution in [-0.2, 0) is 0 Å². The van der Waals surface area contributed by atoms with E-state index in [-0.39, 0.29) is 5.37 Å². The van der Waals surface area contributed by atoms with E-state index in [1.807, 2.05) is 0 Å². The Morgan fingerprint density at radius 1 is 1.22 bits per heavy atom. The van der Waals surface area contributed by atoms with E-state index in [0.717, 1.165) is 22.3 Å². The van der Waals surface area contributed by atoms with E-state index in [2.05, 4.69) is 67.6 Å². The molecule has 0 fully saturated rings. The van der Waals surface area contributed by atoms with Gasteiger partial charge in [0.25, 0.3) is 0 Å². The molecule has 3 aliphatic heterocycles. The number of hydrogen-bond donors (Lipinski definition) is 3. The maximum atomic E-state index is 4.78. The smallest absolute Gasteiger partial charge is 0.135 e. The SMILES string of the molecule is C=C1NC(C2=C(C)C=CC(C)N2)SN=C(C2=C(C)C=CCN2)S1. The normalized spacial score (nSPS) is 28.0. The Hall–Kier alpha value is -1.53. The maximum Gasteiger partial charge on any atom is 0.135 e. The first kappa shape index (κ1) is 16.3. The van der Waals surface area contributed by atoms with Gasteiger partial charge in [0, 0.05) is 30.2 Å². The first-order chi connectivity index (χ1) is 11.0. The Morgan fingerprint density at radius 3 is 2.83 bits per heavy atom. The fourth-order valence-electron chi connectivity index (χ4n) is 2.59. The monoisotopic (exact) mass is 346 g/mol. The van der Waals surface area contributed by atoms with E-state index < -0.39 is 0 Å². The minimum Gasteiger partial charge on any atom is -0.380 e. The Morgan fingerprint density at radius 2 is 2.04 bits per heavy atom. The van der Waals surface area contributed by atoms with Gasteiger partial charge in [-0.1, -0.05) is 42.6 Å². The highest BCUT2D eigenvalue weighted by atomic mass is 32.2. The Bertz CT molecular complexity index is 670. The van der Waals surface area contributed by atoms with Crippen LogP contribution < -0.4 is 16.0 Å². The van der Waals surface area contributed by atoms with Crippen LogP contribution >= 0.6 is 23.7 Å². The molecule has 0 aromatic rings.